The van der Waals surface area contributed by atoms with Crippen LogP contribution in [0.5, 0.6) is 0 Å². The lowest BCUT2D eigenvalue weighted by Gasteiger charge is -2.03. The van der Waals surface area contributed by atoms with Crippen LogP contribution >= 0.6 is 0 Å². The number of hydrogen-bond acceptors (Lipinski definition) is 2. The standard InChI is InChI=1S/C10H10FN3/c1-8-12-4-5-14(8)7-9-2-3-10(11)13-6-9/h2-6H,7H2,1H3. The number of aryl methyl sites for hydroxylation is 1. The Kier molecular flexibility index (Phi) is 2.26. The molecule has 0 saturated heterocycles. The van der Waals surface area contributed by atoms with Crippen molar-refractivity contribution in [3.05, 3.63) is 48.1 Å². The zero-order valence-corrected chi connectivity index (χ0v) is 7.81. The number of imidazole rings is 1. The van der Waals surface area contributed by atoms with E-state index in [1.54, 1.807) is 12.3 Å². The molecule has 0 spiro atoms. The quantitative estimate of drug-likeness (QED) is 0.677. The third-order valence-corrected chi connectivity index (χ3v) is 2.07. The molecule has 3 nitrogen and oxygen atoms in total. The van der Waals surface area contributed by atoms with Gasteiger partial charge in [-0.1, -0.05) is 6.07 Å². The van der Waals surface area contributed by atoms with Crippen LogP contribution in [0.3, 0.4) is 0 Å². The summed E-state index contributed by atoms with van der Waals surface area (Å²) in [5.41, 5.74) is 0.965. The minimum absolute atomic E-state index is 0.448. The summed E-state index contributed by atoms with van der Waals surface area (Å²) in [6.07, 6.45) is 5.17. The van der Waals surface area contributed by atoms with E-state index in [0.717, 1.165) is 11.4 Å². The van der Waals surface area contributed by atoms with Crippen molar-refractivity contribution in [3.8, 4) is 0 Å². The van der Waals surface area contributed by atoms with Gasteiger partial charge in [0.1, 0.15) is 5.82 Å². The highest BCUT2D eigenvalue weighted by atomic mass is 19.1. The SMILES string of the molecule is Cc1nccn1Cc1ccc(F)nc1. The zero-order valence-electron chi connectivity index (χ0n) is 7.81. The summed E-state index contributed by atoms with van der Waals surface area (Å²) < 4.78 is 14.5. The molecule has 0 N–H and O–H groups in total. The fourth-order valence-corrected chi connectivity index (χ4v) is 1.27. The molecule has 0 fully saturated rings. The van der Waals surface area contributed by atoms with Gasteiger partial charge in [0.25, 0.3) is 0 Å². The summed E-state index contributed by atoms with van der Waals surface area (Å²) in [4.78, 5) is 7.69. The summed E-state index contributed by atoms with van der Waals surface area (Å²) in [7, 11) is 0. The molecule has 2 rings (SSSR count). The minimum Gasteiger partial charge on any atom is -0.331 e. The fraction of sp³-hybridized carbons (Fsp3) is 0.200. The van der Waals surface area contributed by atoms with Crippen molar-refractivity contribution in [2.75, 3.05) is 0 Å². The maximum absolute atomic E-state index is 12.5. The van der Waals surface area contributed by atoms with E-state index < -0.39 is 5.95 Å². The van der Waals surface area contributed by atoms with Gasteiger partial charge in [0.05, 0.1) is 6.54 Å². The molecule has 4 heteroatoms. The predicted octanol–water partition coefficient (Wildman–Crippen LogP) is 1.77. The summed E-state index contributed by atoms with van der Waals surface area (Å²) >= 11 is 0. The van der Waals surface area contributed by atoms with E-state index in [4.69, 9.17) is 0 Å². The van der Waals surface area contributed by atoms with Crippen LogP contribution in [0, 0.1) is 12.9 Å². The monoisotopic (exact) mass is 191 g/mol. The highest BCUT2D eigenvalue weighted by Gasteiger charge is 1.99. The van der Waals surface area contributed by atoms with E-state index in [1.807, 2.05) is 17.7 Å². The minimum atomic E-state index is -0.448. The van der Waals surface area contributed by atoms with Crippen molar-refractivity contribution in [2.45, 2.75) is 13.5 Å². The largest absolute Gasteiger partial charge is 0.331 e. The lowest BCUT2D eigenvalue weighted by molar-refractivity contribution is 0.581. The highest BCUT2D eigenvalue weighted by Crippen LogP contribution is 2.04. The van der Waals surface area contributed by atoms with Gasteiger partial charge >= 0.3 is 0 Å². The molecule has 0 unspecified atom stereocenters. The molecule has 0 atom stereocenters. The van der Waals surface area contributed by atoms with Gasteiger partial charge < -0.3 is 4.57 Å². The Labute approximate surface area is 81.2 Å². The summed E-state index contributed by atoms with van der Waals surface area (Å²) in [6.45, 7) is 2.61. The average Bonchev–Trinajstić information content (AvgIpc) is 2.56. The molecule has 2 heterocycles. The van der Waals surface area contributed by atoms with Gasteiger partial charge in [-0.05, 0) is 18.6 Å². The lowest BCUT2D eigenvalue weighted by Crippen LogP contribution is -2.01. The van der Waals surface area contributed by atoms with Gasteiger partial charge in [-0.15, -0.1) is 0 Å². The van der Waals surface area contributed by atoms with E-state index in [2.05, 4.69) is 9.97 Å². The van der Waals surface area contributed by atoms with Gasteiger partial charge in [0.15, 0.2) is 0 Å². The molecule has 2 aromatic heterocycles. The smallest absolute Gasteiger partial charge is 0.212 e. The zero-order chi connectivity index (χ0) is 9.97. The average molecular weight is 191 g/mol. The first-order valence-electron chi connectivity index (χ1n) is 4.34. The Morgan fingerprint density at radius 3 is 2.79 bits per heavy atom. The first kappa shape index (κ1) is 8.87. The van der Waals surface area contributed by atoms with Crippen molar-refractivity contribution >= 4 is 0 Å². The van der Waals surface area contributed by atoms with Crippen LogP contribution in [0.4, 0.5) is 4.39 Å². The maximum Gasteiger partial charge on any atom is 0.212 e. The summed E-state index contributed by atoms with van der Waals surface area (Å²) in [5, 5.41) is 0. The van der Waals surface area contributed by atoms with Crippen molar-refractivity contribution in [2.24, 2.45) is 0 Å². The molecule has 0 radical (unpaired) electrons. The molecule has 72 valence electrons. The van der Waals surface area contributed by atoms with Crippen LogP contribution in [0.25, 0.3) is 0 Å². The first-order chi connectivity index (χ1) is 6.75. The Hall–Kier alpha value is -1.71. The third kappa shape index (κ3) is 1.79. The molecular formula is C10H10FN3. The molecule has 0 aliphatic rings. The first-order valence-corrected chi connectivity index (χ1v) is 4.34. The van der Waals surface area contributed by atoms with Gasteiger partial charge in [0.2, 0.25) is 5.95 Å². The summed E-state index contributed by atoms with van der Waals surface area (Å²) in [5.74, 6) is 0.491. The molecule has 0 aromatic carbocycles. The number of rotatable bonds is 2. The second kappa shape index (κ2) is 3.57. The maximum atomic E-state index is 12.5. The molecule has 0 aliphatic carbocycles. The van der Waals surface area contributed by atoms with E-state index in [0.29, 0.717) is 6.54 Å². The lowest BCUT2D eigenvalue weighted by atomic mass is 10.3. The van der Waals surface area contributed by atoms with E-state index >= 15 is 0 Å². The van der Waals surface area contributed by atoms with Gasteiger partial charge in [-0.3, -0.25) is 0 Å². The topological polar surface area (TPSA) is 30.7 Å². The number of halogens is 1. The molecule has 0 amide bonds. The Bertz CT molecular complexity index is 419. The highest BCUT2D eigenvalue weighted by molar-refractivity contribution is 5.10. The predicted molar refractivity (Wildman–Crippen MR) is 50.3 cm³/mol. The number of aromatic nitrogens is 3. The molecule has 14 heavy (non-hydrogen) atoms. The van der Waals surface area contributed by atoms with Gasteiger partial charge in [-0.25, -0.2) is 9.97 Å². The van der Waals surface area contributed by atoms with Crippen molar-refractivity contribution in [1.82, 2.24) is 14.5 Å². The van der Waals surface area contributed by atoms with Crippen molar-refractivity contribution in [3.63, 3.8) is 0 Å². The number of pyridine rings is 1. The Morgan fingerprint density at radius 2 is 2.21 bits per heavy atom. The Morgan fingerprint density at radius 1 is 1.36 bits per heavy atom. The van der Waals surface area contributed by atoms with E-state index in [9.17, 15) is 4.39 Å². The van der Waals surface area contributed by atoms with E-state index in [1.165, 1.54) is 12.3 Å². The van der Waals surface area contributed by atoms with Crippen LogP contribution in [-0.4, -0.2) is 14.5 Å². The van der Waals surface area contributed by atoms with Gasteiger partial charge in [0, 0.05) is 18.6 Å². The molecule has 0 saturated carbocycles. The second-order valence-electron chi connectivity index (χ2n) is 3.09. The normalized spacial score (nSPS) is 10.4. The summed E-state index contributed by atoms with van der Waals surface area (Å²) in [6, 6.07) is 3.09. The van der Waals surface area contributed by atoms with Crippen molar-refractivity contribution < 1.29 is 4.39 Å². The number of hydrogen-bond donors (Lipinski definition) is 0. The van der Waals surface area contributed by atoms with E-state index in [-0.39, 0.29) is 0 Å². The fourth-order valence-electron chi connectivity index (χ4n) is 1.27. The van der Waals surface area contributed by atoms with Crippen LogP contribution in [0.2, 0.25) is 0 Å². The third-order valence-electron chi connectivity index (χ3n) is 2.07. The van der Waals surface area contributed by atoms with Crippen LogP contribution in [0.15, 0.2) is 30.7 Å². The number of nitrogens with zero attached hydrogens (tertiary/aromatic N) is 3. The van der Waals surface area contributed by atoms with Gasteiger partial charge in [-0.2, -0.15) is 4.39 Å². The Balaban J connectivity index is 2.19. The van der Waals surface area contributed by atoms with Crippen molar-refractivity contribution in [1.29, 1.82) is 0 Å². The molecule has 0 bridgehead atoms. The molecular weight excluding hydrogens is 181 g/mol. The van der Waals surface area contributed by atoms with Crippen LogP contribution < -0.4 is 0 Å². The van der Waals surface area contributed by atoms with Crippen LogP contribution in [0.1, 0.15) is 11.4 Å². The molecule has 0 aliphatic heterocycles. The second-order valence-corrected chi connectivity index (χ2v) is 3.09. The van der Waals surface area contributed by atoms with Crippen LogP contribution in [-0.2, 0) is 6.54 Å². The molecule has 2 aromatic rings.